The number of nitrogens with one attached hydrogen (secondary N) is 2. The van der Waals surface area contributed by atoms with Gasteiger partial charge in [0, 0.05) is 62.9 Å². The first-order chi connectivity index (χ1) is 18.3. The van der Waals surface area contributed by atoms with E-state index in [1.165, 1.54) is 11.1 Å². The van der Waals surface area contributed by atoms with Gasteiger partial charge in [0.2, 0.25) is 5.91 Å². The zero-order chi connectivity index (χ0) is 27.1. The maximum Gasteiger partial charge on any atom is 0.256 e. The van der Waals surface area contributed by atoms with Crippen LogP contribution in [0.4, 0.5) is 5.69 Å². The number of benzene rings is 2. The van der Waals surface area contributed by atoms with Crippen LogP contribution in [0.3, 0.4) is 0 Å². The number of amides is 2. The fraction of sp³-hybridized carbons (Fsp3) is 0.367. The lowest BCUT2D eigenvalue weighted by molar-refractivity contribution is -0.145. The summed E-state index contributed by atoms with van der Waals surface area (Å²) in [5.41, 5.74) is 6.29. The minimum Gasteiger partial charge on any atom is -0.353 e. The summed E-state index contributed by atoms with van der Waals surface area (Å²) in [5, 5.41) is 10.0. The number of likely N-dealkylation sites (N-methyl/N-ethyl adjacent to an activating group) is 1. The van der Waals surface area contributed by atoms with E-state index in [9.17, 15) is 9.59 Å². The fourth-order valence-corrected chi connectivity index (χ4v) is 4.63. The Morgan fingerprint density at radius 2 is 1.61 bits per heavy atom. The number of hydrogen-bond donors (Lipinski definition) is 2. The molecule has 2 heterocycles. The van der Waals surface area contributed by atoms with Crippen molar-refractivity contribution in [2.24, 2.45) is 0 Å². The number of pyridine rings is 1. The molecular formula is C30H41Cl3N6O2. The summed E-state index contributed by atoms with van der Waals surface area (Å²) in [6.45, 7) is 8.91. The molecule has 0 radical (unpaired) electrons. The van der Waals surface area contributed by atoms with Crippen LogP contribution in [0, 0.1) is 6.92 Å². The Morgan fingerprint density at radius 3 is 2.22 bits per heavy atom. The van der Waals surface area contributed by atoms with Gasteiger partial charge in [0.1, 0.15) is 0 Å². The van der Waals surface area contributed by atoms with Crippen molar-refractivity contribution in [3.63, 3.8) is 0 Å². The largest absolute Gasteiger partial charge is 0.353 e. The minimum absolute atomic E-state index is 0. The lowest BCUT2D eigenvalue weighted by Crippen LogP contribution is -2.48. The topological polar surface area (TPSA) is 80.8 Å². The second kappa shape index (κ2) is 17.2. The van der Waals surface area contributed by atoms with Gasteiger partial charge in [-0.05, 0) is 41.3 Å². The van der Waals surface area contributed by atoms with E-state index in [4.69, 9.17) is 0 Å². The number of fused-ring (bicyclic) bond motifs is 1. The number of hydrazine groups is 1. The third kappa shape index (κ3) is 9.87. The number of carbonyl (C=O) groups is 2. The van der Waals surface area contributed by atoms with Crippen molar-refractivity contribution in [1.29, 1.82) is 0 Å². The van der Waals surface area contributed by atoms with Gasteiger partial charge in [-0.3, -0.25) is 19.6 Å². The maximum absolute atomic E-state index is 13.5. The molecule has 3 aromatic rings. The van der Waals surface area contributed by atoms with Crippen molar-refractivity contribution in [2.45, 2.75) is 39.9 Å². The number of hydrogen-bond acceptors (Lipinski definition) is 6. The summed E-state index contributed by atoms with van der Waals surface area (Å²) in [4.78, 5) is 32.6. The van der Waals surface area contributed by atoms with Crippen molar-refractivity contribution >= 4 is 54.7 Å². The van der Waals surface area contributed by atoms with Crippen LogP contribution in [0.15, 0.2) is 67.0 Å². The second-order valence-electron chi connectivity index (χ2n) is 10.1. The molecule has 1 aliphatic rings. The lowest BCUT2D eigenvalue weighted by Gasteiger charge is -2.32. The molecule has 0 saturated carbocycles. The molecule has 2 N–H and O–H groups in total. The number of nitrogens with zero attached hydrogens (tertiary/aromatic N) is 4. The van der Waals surface area contributed by atoms with Gasteiger partial charge in [0.05, 0.1) is 13.1 Å². The van der Waals surface area contributed by atoms with Gasteiger partial charge < -0.3 is 15.5 Å². The number of aromatic nitrogens is 1. The highest BCUT2D eigenvalue weighted by molar-refractivity contribution is 5.87. The summed E-state index contributed by atoms with van der Waals surface area (Å²) >= 11 is 0. The first-order valence-electron chi connectivity index (χ1n) is 13.2. The Labute approximate surface area is 262 Å². The van der Waals surface area contributed by atoms with Crippen molar-refractivity contribution in [3.05, 3.63) is 83.7 Å². The molecule has 0 spiro atoms. The molecule has 2 amide bonds. The molecule has 0 unspecified atom stereocenters. The number of aryl methyl sites for hydroxylation is 1. The van der Waals surface area contributed by atoms with Crippen LogP contribution in [0.25, 0.3) is 11.1 Å². The Kier molecular flexibility index (Phi) is 15.1. The Balaban J connectivity index is 0.00000280. The zero-order valence-corrected chi connectivity index (χ0v) is 26.5. The number of halogens is 3. The smallest absolute Gasteiger partial charge is 0.256 e. The molecule has 8 nitrogen and oxygen atoms in total. The Bertz CT molecular complexity index is 1240. The van der Waals surface area contributed by atoms with Gasteiger partial charge in [-0.15, -0.1) is 37.2 Å². The van der Waals surface area contributed by atoms with Crippen LogP contribution in [-0.4, -0.2) is 66.1 Å². The fourth-order valence-electron chi connectivity index (χ4n) is 4.63. The number of rotatable bonds is 11. The van der Waals surface area contributed by atoms with Crippen LogP contribution in [0.5, 0.6) is 0 Å². The van der Waals surface area contributed by atoms with Gasteiger partial charge in [-0.2, -0.15) is 0 Å². The molecule has 0 saturated heterocycles. The van der Waals surface area contributed by atoms with E-state index in [1.54, 1.807) is 11.2 Å². The van der Waals surface area contributed by atoms with E-state index in [2.05, 4.69) is 41.6 Å². The van der Waals surface area contributed by atoms with Gasteiger partial charge in [-0.25, -0.2) is 5.01 Å². The van der Waals surface area contributed by atoms with Crippen molar-refractivity contribution in [2.75, 3.05) is 38.1 Å². The van der Waals surface area contributed by atoms with Crippen LogP contribution >= 0.6 is 37.2 Å². The average molecular weight is 624 g/mol. The minimum atomic E-state index is -0.120. The molecule has 0 aliphatic carbocycles. The lowest BCUT2D eigenvalue weighted by atomic mass is 10.0. The molecule has 224 valence electrons. The molecule has 0 fully saturated rings. The van der Waals surface area contributed by atoms with Gasteiger partial charge >= 0.3 is 0 Å². The van der Waals surface area contributed by atoms with Crippen LogP contribution in [-0.2, 0) is 22.7 Å². The predicted molar refractivity (Wildman–Crippen MR) is 173 cm³/mol. The summed E-state index contributed by atoms with van der Waals surface area (Å²) in [7, 11) is 1.81. The van der Waals surface area contributed by atoms with Crippen LogP contribution < -0.4 is 15.5 Å². The quantitative estimate of drug-likeness (QED) is 0.303. The van der Waals surface area contributed by atoms with Gasteiger partial charge in [-0.1, -0.05) is 56.3 Å². The number of anilines is 1. The van der Waals surface area contributed by atoms with Crippen molar-refractivity contribution in [3.8, 4) is 11.1 Å². The molecule has 2 aromatic carbocycles. The molecule has 1 aliphatic heterocycles. The second-order valence-corrected chi connectivity index (χ2v) is 10.1. The standard InChI is InChI=1S/C30H38N6O2.3ClH/c1-22(2)32-14-15-33-29(37)20-35(28-16-24(12-11-23(28)3)25-10-7-13-31-17-25)21-30(38)34(4)36-18-26-8-5-6-9-27(26)19-36;;;/h5-13,16-17,22,32H,14-15,18-21H2,1-4H3,(H,33,37);3*1H. The zero-order valence-electron chi connectivity index (χ0n) is 24.0. The summed E-state index contributed by atoms with van der Waals surface area (Å²) in [6.07, 6.45) is 3.56. The maximum atomic E-state index is 13.5. The van der Waals surface area contributed by atoms with E-state index in [0.29, 0.717) is 32.2 Å². The molecule has 11 heteroatoms. The normalized spacial score (nSPS) is 11.9. The third-order valence-corrected chi connectivity index (χ3v) is 6.81. The monoisotopic (exact) mass is 622 g/mol. The predicted octanol–water partition coefficient (Wildman–Crippen LogP) is 4.63. The van der Waals surface area contributed by atoms with E-state index >= 15 is 0 Å². The summed E-state index contributed by atoms with van der Waals surface area (Å²) in [5.74, 6) is -0.191. The highest BCUT2D eigenvalue weighted by Crippen LogP contribution is 2.28. The Hall–Kier alpha value is -2.88. The van der Waals surface area contributed by atoms with E-state index in [0.717, 1.165) is 22.4 Å². The van der Waals surface area contributed by atoms with E-state index < -0.39 is 0 Å². The number of carbonyl (C=O) groups excluding carboxylic acids is 2. The molecule has 0 atom stereocenters. The Morgan fingerprint density at radius 1 is 0.927 bits per heavy atom. The summed E-state index contributed by atoms with van der Waals surface area (Å²) < 4.78 is 0. The van der Waals surface area contributed by atoms with Crippen molar-refractivity contribution < 1.29 is 9.59 Å². The van der Waals surface area contributed by atoms with Gasteiger partial charge in [0.15, 0.2) is 0 Å². The highest BCUT2D eigenvalue weighted by atomic mass is 35.5. The summed E-state index contributed by atoms with van der Waals surface area (Å²) in [6, 6.07) is 18.6. The average Bonchev–Trinajstić information content (AvgIpc) is 3.35. The van der Waals surface area contributed by atoms with Crippen molar-refractivity contribution in [1.82, 2.24) is 25.6 Å². The molecular weight excluding hydrogens is 583 g/mol. The molecule has 1 aromatic heterocycles. The SMILES string of the molecule is Cc1ccc(-c2cccnc2)cc1N(CC(=O)NCCNC(C)C)CC(=O)N(C)N1Cc2ccccc2C1.Cl.Cl.Cl. The first kappa shape index (κ1) is 36.1. The van der Waals surface area contributed by atoms with Crippen LogP contribution in [0.1, 0.15) is 30.5 Å². The molecule has 0 bridgehead atoms. The highest BCUT2D eigenvalue weighted by Gasteiger charge is 2.27. The molecule has 4 rings (SSSR count). The third-order valence-electron chi connectivity index (χ3n) is 6.81. The van der Waals surface area contributed by atoms with Gasteiger partial charge in [0.25, 0.3) is 5.91 Å². The van der Waals surface area contributed by atoms with Crippen LogP contribution in [0.2, 0.25) is 0 Å². The van der Waals surface area contributed by atoms with E-state index in [-0.39, 0.29) is 62.1 Å². The van der Waals surface area contributed by atoms with E-state index in [1.807, 2.05) is 72.5 Å². The first-order valence-corrected chi connectivity index (χ1v) is 13.2. The molecule has 41 heavy (non-hydrogen) atoms.